The Labute approximate surface area is 78.9 Å². The molecule has 0 radical (unpaired) electrons. The van der Waals surface area contributed by atoms with E-state index in [9.17, 15) is 0 Å². The van der Waals surface area contributed by atoms with Gasteiger partial charge in [0.25, 0.3) is 0 Å². The van der Waals surface area contributed by atoms with Crippen LogP contribution in [0.25, 0.3) is 0 Å². The molecule has 4 heteroatoms. The molecule has 0 aromatic carbocycles. The third-order valence-electron chi connectivity index (χ3n) is 1.55. The van der Waals surface area contributed by atoms with Crippen LogP contribution in [0.3, 0.4) is 0 Å². The van der Waals surface area contributed by atoms with E-state index in [1.165, 1.54) is 4.88 Å². The van der Waals surface area contributed by atoms with Crippen molar-refractivity contribution in [2.45, 2.75) is 19.4 Å². The Balaban J connectivity index is 2.73. The number of hydrogen-bond acceptors (Lipinski definition) is 3. The van der Waals surface area contributed by atoms with E-state index >= 15 is 0 Å². The second kappa shape index (κ2) is 4.21. The summed E-state index contributed by atoms with van der Waals surface area (Å²) in [5.41, 5.74) is 2.77. The van der Waals surface area contributed by atoms with Crippen LogP contribution in [-0.2, 0) is 0 Å². The van der Waals surface area contributed by atoms with Gasteiger partial charge in [0.1, 0.15) is 0 Å². The maximum atomic E-state index is 5.37. The van der Waals surface area contributed by atoms with Gasteiger partial charge in [-0.15, -0.1) is 11.3 Å². The molecule has 0 amide bonds. The van der Waals surface area contributed by atoms with Gasteiger partial charge in [-0.1, -0.05) is 6.92 Å². The zero-order chi connectivity index (χ0) is 8.27. The monoisotopic (exact) mass is 234 g/mol. The fourth-order valence-corrected chi connectivity index (χ4v) is 2.48. The second-order valence-electron chi connectivity index (χ2n) is 2.27. The summed E-state index contributed by atoms with van der Waals surface area (Å²) in [5, 5.41) is 0. The van der Waals surface area contributed by atoms with E-state index in [-0.39, 0.29) is 0 Å². The molecule has 0 aliphatic rings. The third-order valence-corrected chi connectivity index (χ3v) is 3.28. The zero-order valence-electron chi connectivity index (χ0n) is 6.30. The number of nitrogens with one attached hydrogen (secondary N) is 1. The molecule has 62 valence electrons. The van der Waals surface area contributed by atoms with E-state index < -0.39 is 0 Å². The summed E-state index contributed by atoms with van der Waals surface area (Å²) in [6.45, 7) is 2.11. The molecule has 3 N–H and O–H groups in total. The Bertz CT molecular complexity index is 220. The lowest BCUT2D eigenvalue weighted by Crippen LogP contribution is -2.26. The van der Waals surface area contributed by atoms with E-state index in [0.29, 0.717) is 6.04 Å². The van der Waals surface area contributed by atoms with Gasteiger partial charge in [0.2, 0.25) is 0 Å². The highest BCUT2D eigenvalue weighted by atomic mass is 79.9. The molecule has 0 saturated carbocycles. The van der Waals surface area contributed by atoms with Gasteiger partial charge in [-0.25, -0.2) is 0 Å². The normalized spacial score (nSPS) is 13.4. The van der Waals surface area contributed by atoms with Crippen molar-refractivity contribution in [3.05, 3.63) is 20.8 Å². The summed E-state index contributed by atoms with van der Waals surface area (Å²) in [4.78, 5) is 1.28. The first-order valence-electron chi connectivity index (χ1n) is 3.49. The molecule has 0 saturated heterocycles. The Kier molecular flexibility index (Phi) is 3.51. The van der Waals surface area contributed by atoms with E-state index in [1.807, 2.05) is 6.07 Å². The number of thiophene rings is 1. The maximum absolute atomic E-state index is 5.37. The third kappa shape index (κ3) is 2.27. The van der Waals surface area contributed by atoms with E-state index in [1.54, 1.807) is 11.3 Å². The molecule has 0 fully saturated rings. The van der Waals surface area contributed by atoms with Crippen LogP contribution in [0, 0.1) is 0 Å². The Morgan fingerprint density at radius 3 is 2.82 bits per heavy atom. The minimum atomic E-state index is 0.297. The molecule has 0 bridgehead atoms. The Hall–Kier alpha value is 0.1000. The van der Waals surface area contributed by atoms with Gasteiger partial charge in [0.15, 0.2) is 0 Å². The van der Waals surface area contributed by atoms with Gasteiger partial charge in [0.05, 0.1) is 9.83 Å². The molecule has 0 aliphatic carbocycles. The lowest BCUT2D eigenvalue weighted by molar-refractivity contribution is 0.547. The fourth-order valence-electron chi connectivity index (χ4n) is 0.917. The molecule has 1 unspecified atom stereocenters. The van der Waals surface area contributed by atoms with Crippen molar-refractivity contribution >= 4 is 27.3 Å². The van der Waals surface area contributed by atoms with Crippen molar-refractivity contribution in [2.75, 3.05) is 0 Å². The molecule has 1 heterocycles. The number of hydrazine groups is 1. The molecule has 11 heavy (non-hydrogen) atoms. The first kappa shape index (κ1) is 9.19. The summed E-state index contributed by atoms with van der Waals surface area (Å²) in [5.74, 6) is 5.37. The van der Waals surface area contributed by atoms with Crippen molar-refractivity contribution in [1.82, 2.24) is 5.43 Å². The van der Waals surface area contributed by atoms with Gasteiger partial charge in [0, 0.05) is 4.88 Å². The van der Waals surface area contributed by atoms with Crippen LogP contribution in [0.4, 0.5) is 0 Å². The van der Waals surface area contributed by atoms with E-state index in [0.717, 1.165) is 10.2 Å². The second-order valence-corrected chi connectivity index (χ2v) is 4.76. The minimum absolute atomic E-state index is 0.297. The van der Waals surface area contributed by atoms with Crippen molar-refractivity contribution < 1.29 is 0 Å². The van der Waals surface area contributed by atoms with Crippen LogP contribution in [0.2, 0.25) is 0 Å². The van der Waals surface area contributed by atoms with Gasteiger partial charge in [-0.05, 0) is 34.5 Å². The first-order chi connectivity index (χ1) is 5.27. The number of halogens is 1. The predicted octanol–water partition coefficient (Wildman–Crippen LogP) is 2.43. The molecule has 1 aromatic rings. The molecule has 0 spiro atoms. The van der Waals surface area contributed by atoms with Gasteiger partial charge >= 0.3 is 0 Å². The Morgan fingerprint density at radius 2 is 2.45 bits per heavy atom. The van der Waals surface area contributed by atoms with Crippen LogP contribution in [-0.4, -0.2) is 0 Å². The van der Waals surface area contributed by atoms with Gasteiger partial charge in [-0.3, -0.25) is 11.3 Å². The summed E-state index contributed by atoms with van der Waals surface area (Å²) >= 11 is 5.13. The summed E-state index contributed by atoms with van der Waals surface area (Å²) in [7, 11) is 0. The summed E-state index contributed by atoms with van der Waals surface area (Å²) in [6.07, 6.45) is 1.02. The quantitative estimate of drug-likeness (QED) is 0.623. The number of hydrogen-bond donors (Lipinski definition) is 2. The first-order valence-corrected chi connectivity index (χ1v) is 5.10. The van der Waals surface area contributed by atoms with Crippen molar-refractivity contribution in [3.63, 3.8) is 0 Å². The molecule has 0 aliphatic heterocycles. The molecule has 2 nitrogen and oxygen atoms in total. The van der Waals surface area contributed by atoms with Crippen LogP contribution < -0.4 is 11.3 Å². The van der Waals surface area contributed by atoms with Gasteiger partial charge < -0.3 is 0 Å². The SMILES string of the molecule is CCC(NN)c1ccc(Br)s1. The highest BCUT2D eigenvalue weighted by Gasteiger charge is 2.08. The molecule has 1 atom stereocenters. The summed E-state index contributed by atoms with van der Waals surface area (Å²) in [6, 6.07) is 4.43. The topological polar surface area (TPSA) is 38.0 Å². The number of rotatable bonds is 3. The van der Waals surface area contributed by atoms with E-state index in [4.69, 9.17) is 5.84 Å². The average molecular weight is 235 g/mol. The molecular weight excluding hydrogens is 224 g/mol. The van der Waals surface area contributed by atoms with Crippen LogP contribution in [0.1, 0.15) is 24.3 Å². The zero-order valence-corrected chi connectivity index (χ0v) is 8.71. The fraction of sp³-hybridized carbons (Fsp3) is 0.429. The van der Waals surface area contributed by atoms with Gasteiger partial charge in [-0.2, -0.15) is 0 Å². The van der Waals surface area contributed by atoms with E-state index in [2.05, 4.69) is 34.3 Å². The number of nitrogens with two attached hydrogens (primary N) is 1. The van der Waals surface area contributed by atoms with Crippen molar-refractivity contribution in [2.24, 2.45) is 5.84 Å². The molecule has 1 aromatic heterocycles. The van der Waals surface area contributed by atoms with Crippen molar-refractivity contribution in [1.29, 1.82) is 0 Å². The Morgan fingerprint density at radius 1 is 1.73 bits per heavy atom. The van der Waals surface area contributed by atoms with Crippen LogP contribution in [0.5, 0.6) is 0 Å². The highest BCUT2D eigenvalue weighted by molar-refractivity contribution is 9.11. The predicted molar refractivity (Wildman–Crippen MR) is 52.4 cm³/mol. The smallest absolute Gasteiger partial charge is 0.0702 e. The van der Waals surface area contributed by atoms with Crippen LogP contribution in [0.15, 0.2) is 15.9 Å². The average Bonchev–Trinajstić information content (AvgIpc) is 2.39. The summed E-state index contributed by atoms with van der Waals surface area (Å²) < 4.78 is 1.15. The molecular formula is C7H11BrN2S. The lowest BCUT2D eigenvalue weighted by Gasteiger charge is -2.09. The lowest BCUT2D eigenvalue weighted by atomic mass is 10.2. The largest absolute Gasteiger partial charge is 0.271 e. The van der Waals surface area contributed by atoms with Crippen LogP contribution >= 0.6 is 27.3 Å². The molecule has 1 rings (SSSR count). The van der Waals surface area contributed by atoms with Crippen molar-refractivity contribution in [3.8, 4) is 0 Å². The maximum Gasteiger partial charge on any atom is 0.0702 e. The highest BCUT2D eigenvalue weighted by Crippen LogP contribution is 2.28. The minimum Gasteiger partial charge on any atom is -0.271 e. The standard InChI is InChI=1S/C7H11BrN2S/c1-2-5(10-9)6-3-4-7(8)11-6/h3-5,10H,2,9H2,1H3.